The van der Waals surface area contributed by atoms with Crippen LogP contribution in [0.15, 0.2) is 60.8 Å². The highest BCUT2D eigenvalue weighted by molar-refractivity contribution is 5.76. The topological polar surface area (TPSA) is 175 Å². The van der Waals surface area contributed by atoms with Gasteiger partial charge in [0.1, 0.15) is 24.4 Å². The molecule has 11 heteroatoms. The van der Waals surface area contributed by atoms with E-state index < -0.39 is 49.5 Å². The second-order valence-electron chi connectivity index (χ2n) is 25.2. The summed E-state index contributed by atoms with van der Waals surface area (Å²) in [5.41, 5.74) is 0. The maximum absolute atomic E-state index is 13.0. The lowest BCUT2D eigenvalue weighted by Crippen LogP contribution is -2.60. The summed E-state index contributed by atoms with van der Waals surface area (Å²) >= 11 is 0. The van der Waals surface area contributed by atoms with Gasteiger partial charge in [-0.3, -0.25) is 9.59 Å². The third kappa shape index (κ3) is 52.2. The zero-order chi connectivity index (χ0) is 62.3. The first-order chi connectivity index (χ1) is 42.2. The van der Waals surface area contributed by atoms with Crippen molar-refractivity contribution in [1.82, 2.24) is 5.32 Å². The first-order valence-electron chi connectivity index (χ1n) is 36.6. The molecule has 502 valence electrons. The Balaban J connectivity index is 1.92. The Morgan fingerprint density at radius 3 is 1.27 bits per heavy atom. The van der Waals surface area contributed by atoms with Crippen molar-refractivity contribution < 1.29 is 49.3 Å². The summed E-state index contributed by atoms with van der Waals surface area (Å²) in [5, 5.41) is 54.3. The zero-order valence-corrected chi connectivity index (χ0v) is 55.8. The molecule has 0 bridgehead atoms. The van der Waals surface area contributed by atoms with E-state index in [-0.39, 0.29) is 18.5 Å². The maximum atomic E-state index is 13.0. The highest BCUT2D eigenvalue weighted by Crippen LogP contribution is 2.23. The predicted molar refractivity (Wildman–Crippen MR) is 361 cm³/mol. The van der Waals surface area contributed by atoms with E-state index in [4.69, 9.17) is 14.2 Å². The summed E-state index contributed by atoms with van der Waals surface area (Å²) in [4.78, 5) is 25.1. The second kappa shape index (κ2) is 63.9. The minimum atomic E-state index is -1.58. The van der Waals surface area contributed by atoms with Crippen molar-refractivity contribution in [3.05, 3.63) is 60.8 Å². The van der Waals surface area contributed by atoms with Crippen molar-refractivity contribution in [3.63, 3.8) is 0 Å². The molecule has 86 heavy (non-hydrogen) atoms. The van der Waals surface area contributed by atoms with Gasteiger partial charge in [-0.15, -0.1) is 0 Å². The fourth-order valence-electron chi connectivity index (χ4n) is 11.4. The standard InChI is InChI=1S/C75H137NO10/c1-3-5-7-9-11-13-15-16-36-40-43-47-51-55-59-63-71(80)84-64-60-56-52-48-44-41-38-35-33-31-29-27-25-23-21-19-17-18-20-22-24-26-28-30-32-34-37-39-42-46-50-54-58-62-70(79)76-67(66-85-75-74(83)73(82)72(81)69(65-77)86-75)68(78)61-57-53-49-45-14-12-10-8-6-4-2/h6,8,14,21,23,27,29,45,57,61,67-69,72-75,77-78,81-83H,3-5,7,9-13,15-20,22,24-26,28,30-44,46-56,58-60,62-66H2,1-2H3,(H,76,79)/b8-6+,23-21-,29-27-,45-14+,61-57+. The number of nitrogens with one attached hydrogen (secondary N) is 1. The number of aliphatic hydroxyl groups is 5. The monoisotopic (exact) mass is 1210 g/mol. The fourth-order valence-corrected chi connectivity index (χ4v) is 11.4. The largest absolute Gasteiger partial charge is 0.466 e. The molecule has 1 fully saturated rings. The van der Waals surface area contributed by atoms with Crippen LogP contribution in [-0.4, -0.2) is 100 Å². The van der Waals surface area contributed by atoms with Crippen LogP contribution in [0.3, 0.4) is 0 Å². The molecule has 0 aromatic carbocycles. The number of rotatable bonds is 64. The molecule has 1 saturated heterocycles. The molecule has 7 atom stereocenters. The van der Waals surface area contributed by atoms with E-state index >= 15 is 0 Å². The van der Waals surface area contributed by atoms with Crippen molar-refractivity contribution >= 4 is 11.9 Å². The molecule has 1 amide bonds. The van der Waals surface area contributed by atoms with E-state index in [0.717, 1.165) is 70.6 Å². The molecular weight excluding hydrogens is 1070 g/mol. The quantitative estimate of drug-likeness (QED) is 0.0195. The van der Waals surface area contributed by atoms with Crippen LogP contribution >= 0.6 is 0 Å². The molecule has 6 N–H and O–H groups in total. The second-order valence-corrected chi connectivity index (χ2v) is 25.2. The van der Waals surface area contributed by atoms with Crippen LogP contribution in [0, 0.1) is 0 Å². The van der Waals surface area contributed by atoms with E-state index in [0.29, 0.717) is 19.4 Å². The normalized spacial score (nSPS) is 18.2. The number of unbranched alkanes of at least 4 members (excludes halogenated alkanes) is 42. The van der Waals surface area contributed by atoms with Gasteiger partial charge in [-0.25, -0.2) is 0 Å². The van der Waals surface area contributed by atoms with Crippen LogP contribution < -0.4 is 5.32 Å². The van der Waals surface area contributed by atoms with Crippen LogP contribution in [0.5, 0.6) is 0 Å². The third-order valence-corrected chi connectivity index (χ3v) is 17.1. The smallest absolute Gasteiger partial charge is 0.305 e. The summed E-state index contributed by atoms with van der Waals surface area (Å²) in [6.07, 6.45) is 75.3. The highest BCUT2D eigenvalue weighted by atomic mass is 16.7. The van der Waals surface area contributed by atoms with Gasteiger partial charge in [0.05, 0.1) is 32.0 Å². The predicted octanol–water partition coefficient (Wildman–Crippen LogP) is 18.9. The van der Waals surface area contributed by atoms with Gasteiger partial charge in [-0.2, -0.15) is 0 Å². The Bertz CT molecular complexity index is 1610. The number of hydrogen-bond acceptors (Lipinski definition) is 10. The van der Waals surface area contributed by atoms with Crippen LogP contribution in [0.1, 0.15) is 341 Å². The number of carbonyl (C=O) groups is 2. The maximum Gasteiger partial charge on any atom is 0.305 e. The van der Waals surface area contributed by atoms with Crippen LogP contribution in [0.2, 0.25) is 0 Å². The van der Waals surface area contributed by atoms with E-state index in [9.17, 15) is 35.1 Å². The summed E-state index contributed by atoms with van der Waals surface area (Å²) < 4.78 is 16.7. The lowest BCUT2D eigenvalue weighted by Gasteiger charge is -2.40. The summed E-state index contributed by atoms with van der Waals surface area (Å²) in [7, 11) is 0. The third-order valence-electron chi connectivity index (χ3n) is 17.1. The lowest BCUT2D eigenvalue weighted by molar-refractivity contribution is -0.302. The van der Waals surface area contributed by atoms with Crippen LogP contribution in [0.4, 0.5) is 0 Å². The van der Waals surface area contributed by atoms with Gasteiger partial charge < -0.3 is 45.1 Å². The molecule has 0 aromatic rings. The minimum absolute atomic E-state index is 0.00940. The van der Waals surface area contributed by atoms with E-state index in [1.807, 2.05) is 6.08 Å². The molecule has 7 unspecified atom stereocenters. The minimum Gasteiger partial charge on any atom is -0.466 e. The van der Waals surface area contributed by atoms with Gasteiger partial charge in [0, 0.05) is 12.8 Å². The Hall–Kier alpha value is -2.64. The van der Waals surface area contributed by atoms with Gasteiger partial charge in [0.15, 0.2) is 6.29 Å². The number of esters is 1. The Kier molecular flexibility index (Phi) is 60.5. The first kappa shape index (κ1) is 81.4. The summed E-state index contributed by atoms with van der Waals surface area (Å²) in [6.45, 7) is 4.23. The van der Waals surface area contributed by atoms with E-state index in [2.05, 4.69) is 67.8 Å². The van der Waals surface area contributed by atoms with Crippen molar-refractivity contribution in [2.24, 2.45) is 0 Å². The average molecular weight is 1210 g/mol. The Morgan fingerprint density at radius 2 is 0.826 bits per heavy atom. The van der Waals surface area contributed by atoms with Gasteiger partial charge in [-0.05, 0) is 83.5 Å². The number of carbonyl (C=O) groups excluding carboxylic acids is 2. The zero-order valence-electron chi connectivity index (χ0n) is 55.8. The average Bonchev–Trinajstić information content (AvgIpc) is 2.82. The van der Waals surface area contributed by atoms with Gasteiger partial charge in [0.2, 0.25) is 5.91 Å². The molecule has 1 aliphatic heterocycles. The molecule has 0 aromatic heterocycles. The van der Waals surface area contributed by atoms with E-state index in [1.54, 1.807) is 6.08 Å². The lowest BCUT2D eigenvalue weighted by atomic mass is 9.99. The van der Waals surface area contributed by atoms with Crippen molar-refractivity contribution in [1.29, 1.82) is 0 Å². The van der Waals surface area contributed by atoms with Crippen molar-refractivity contribution in [2.75, 3.05) is 19.8 Å². The number of amides is 1. The van der Waals surface area contributed by atoms with Gasteiger partial charge in [0.25, 0.3) is 0 Å². The van der Waals surface area contributed by atoms with Crippen LogP contribution in [0.25, 0.3) is 0 Å². The Labute approximate surface area is 528 Å². The van der Waals surface area contributed by atoms with Crippen molar-refractivity contribution in [2.45, 2.75) is 384 Å². The summed E-state index contributed by atoms with van der Waals surface area (Å²) in [6, 6.07) is -0.833. The number of aliphatic hydroxyl groups excluding tert-OH is 5. The number of allylic oxidation sites excluding steroid dienone is 9. The summed E-state index contributed by atoms with van der Waals surface area (Å²) in [5.74, 6) is -0.187. The number of hydrogen-bond donors (Lipinski definition) is 6. The van der Waals surface area contributed by atoms with Crippen molar-refractivity contribution in [3.8, 4) is 0 Å². The molecule has 1 rings (SSSR count). The molecular formula is C75H137NO10. The molecule has 11 nitrogen and oxygen atoms in total. The van der Waals surface area contributed by atoms with Gasteiger partial charge >= 0.3 is 5.97 Å². The number of ether oxygens (including phenoxy) is 3. The molecule has 0 saturated carbocycles. The molecule has 0 radical (unpaired) electrons. The molecule has 0 spiro atoms. The fraction of sp³-hybridized carbons (Fsp3) is 0.840. The molecule has 1 heterocycles. The van der Waals surface area contributed by atoms with Crippen LogP contribution in [-0.2, 0) is 23.8 Å². The Morgan fingerprint density at radius 1 is 0.442 bits per heavy atom. The SMILES string of the molecule is CC/C=C/CC/C=C/CC/C=C/C(O)C(COC1OC(CO)C(O)C(O)C1O)NC(=O)CCCCCCCCCCCCCCCCCCC/C=C\C/C=C\CCCCCCCCCCCOC(=O)CCCCCCCCCCCCCCCCC. The highest BCUT2D eigenvalue weighted by Gasteiger charge is 2.44. The molecule has 1 aliphatic rings. The first-order valence-corrected chi connectivity index (χ1v) is 36.6. The van der Waals surface area contributed by atoms with E-state index in [1.165, 1.54) is 244 Å². The van der Waals surface area contributed by atoms with Gasteiger partial charge in [-0.1, -0.05) is 306 Å². The molecule has 0 aliphatic carbocycles.